The molecule has 0 N–H and O–H groups in total. The Balaban J connectivity index is 2.14. The molecular formula is C20H23O2P. The summed E-state index contributed by atoms with van der Waals surface area (Å²) in [6.45, 7) is 7.95. The maximum absolute atomic E-state index is 13.4. The molecule has 0 aliphatic heterocycles. The Labute approximate surface area is 139 Å². The second kappa shape index (κ2) is 8.67. The molecule has 0 aliphatic rings. The molecule has 0 radical (unpaired) electrons. The van der Waals surface area contributed by atoms with Crippen LogP contribution in [0.25, 0.3) is 0 Å². The van der Waals surface area contributed by atoms with E-state index in [0.717, 1.165) is 11.1 Å². The Morgan fingerprint density at radius 2 is 1.52 bits per heavy atom. The molecule has 0 bridgehead atoms. The first kappa shape index (κ1) is 17.5. The van der Waals surface area contributed by atoms with Gasteiger partial charge in [-0.2, -0.15) is 0 Å². The molecule has 2 unspecified atom stereocenters. The smallest absolute Gasteiger partial charge is 0.214 e. The van der Waals surface area contributed by atoms with Gasteiger partial charge in [-0.05, 0) is 17.5 Å². The number of hydrogen-bond donors (Lipinski definition) is 0. The van der Waals surface area contributed by atoms with Gasteiger partial charge >= 0.3 is 0 Å². The second-order valence-corrected chi connectivity index (χ2v) is 8.19. The average Bonchev–Trinajstić information content (AvgIpc) is 2.60. The topological polar surface area (TPSA) is 26.3 Å². The van der Waals surface area contributed by atoms with Crippen LogP contribution in [0.3, 0.4) is 0 Å². The van der Waals surface area contributed by atoms with Crippen molar-refractivity contribution in [3.8, 4) is 0 Å². The minimum Gasteiger partial charge on any atom is -0.323 e. The zero-order valence-corrected chi connectivity index (χ0v) is 14.2. The van der Waals surface area contributed by atoms with Crippen LogP contribution in [-0.4, -0.2) is 11.8 Å². The van der Waals surface area contributed by atoms with E-state index in [-0.39, 0.29) is 5.66 Å². The van der Waals surface area contributed by atoms with Crippen molar-refractivity contribution in [3.05, 3.63) is 97.1 Å². The Bertz CT molecular complexity index is 665. The molecule has 2 aromatic rings. The highest BCUT2D eigenvalue weighted by Gasteiger charge is 2.31. The molecule has 2 aromatic carbocycles. The van der Waals surface area contributed by atoms with Gasteiger partial charge in [-0.3, -0.25) is 4.57 Å². The van der Waals surface area contributed by atoms with E-state index in [0.29, 0.717) is 19.2 Å². The van der Waals surface area contributed by atoms with Crippen LogP contribution in [0.15, 0.2) is 86.0 Å². The molecular weight excluding hydrogens is 303 g/mol. The number of rotatable bonds is 9. The molecule has 3 heteroatoms. The Morgan fingerprint density at radius 3 is 2.04 bits per heavy atom. The van der Waals surface area contributed by atoms with Gasteiger partial charge in [-0.15, -0.1) is 13.2 Å². The van der Waals surface area contributed by atoms with Crippen molar-refractivity contribution in [2.45, 2.75) is 18.7 Å². The highest BCUT2D eigenvalue weighted by Crippen LogP contribution is 2.54. The van der Waals surface area contributed by atoms with E-state index in [4.69, 9.17) is 4.52 Å². The van der Waals surface area contributed by atoms with Crippen molar-refractivity contribution in [1.29, 1.82) is 0 Å². The van der Waals surface area contributed by atoms with Crippen molar-refractivity contribution >= 4 is 7.37 Å². The van der Waals surface area contributed by atoms with Crippen molar-refractivity contribution in [2.75, 3.05) is 6.16 Å². The van der Waals surface area contributed by atoms with Gasteiger partial charge < -0.3 is 4.52 Å². The summed E-state index contributed by atoms with van der Waals surface area (Å²) in [5.74, 6) is 0. The molecule has 2 rings (SSSR count). The zero-order valence-electron chi connectivity index (χ0n) is 13.3. The zero-order chi connectivity index (χ0) is 16.5. The molecule has 0 amide bonds. The van der Waals surface area contributed by atoms with Crippen molar-refractivity contribution < 1.29 is 9.09 Å². The molecule has 120 valence electrons. The highest BCUT2D eigenvalue weighted by molar-refractivity contribution is 7.60. The lowest BCUT2D eigenvalue weighted by Gasteiger charge is -2.24. The van der Waals surface area contributed by atoms with Crippen LogP contribution in [0, 0.1) is 0 Å². The van der Waals surface area contributed by atoms with E-state index in [9.17, 15) is 4.57 Å². The van der Waals surface area contributed by atoms with Crippen LogP contribution in [0.5, 0.6) is 0 Å². The monoisotopic (exact) mass is 326 g/mol. The first-order valence-electron chi connectivity index (χ1n) is 7.72. The summed E-state index contributed by atoms with van der Waals surface area (Å²) in [7, 11) is -2.90. The third-order valence-corrected chi connectivity index (χ3v) is 6.48. The summed E-state index contributed by atoms with van der Waals surface area (Å²) < 4.78 is 19.3. The van der Waals surface area contributed by atoms with Crippen LogP contribution in [0.1, 0.15) is 11.1 Å². The van der Waals surface area contributed by atoms with Gasteiger partial charge in [0.05, 0.1) is 12.3 Å². The predicted molar refractivity (Wildman–Crippen MR) is 98.0 cm³/mol. The van der Waals surface area contributed by atoms with E-state index in [1.54, 1.807) is 12.2 Å². The predicted octanol–water partition coefficient (Wildman–Crippen LogP) is 5.46. The normalized spacial score (nSPS) is 14.6. The van der Waals surface area contributed by atoms with E-state index < -0.39 is 7.37 Å². The molecule has 0 saturated heterocycles. The summed E-state index contributed by atoms with van der Waals surface area (Å²) in [6.07, 6.45) is 4.43. The molecule has 0 heterocycles. The first-order valence-corrected chi connectivity index (χ1v) is 9.60. The largest absolute Gasteiger partial charge is 0.323 e. The lowest BCUT2D eigenvalue weighted by Crippen LogP contribution is -2.13. The maximum atomic E-state index is 13.4. The van der Waals surface area contributed by atoms with E-state index >= 15 is 0 Å². The van der Waals surface area contributed by atoms with Gasteiger partial charge in [0, 0.05) is 6.16 Å². The molecule has 0 fully saturated rings. The molecule has 2 nitrogen and oxygen atoms in total. The molecule has 0 aliphatic carbocycles. The van der Waals surface area contributed by atoms with Gasteiger partial charge in [0.1, 0.15) is 0 Å². The summed E-state index contributed by atoms with van der Waals surface area (Å²) >= 11 is 0. The van der Waals surface area contributed by atoms with Gasteiger partial charge in [0.25, 0.3) is 0 Å². The van der Waals surface area contributed by atoms with Gasteiger partial charge in [-0.25, -0.2) is 0 Å². The fourth-order valence-corrected chi connectivity index (χ4v) is 4.57. The number of hydrogen-bond acceptors (Lipinski definition) is 2. The Morgan fingerprint density at radius 1 is 0.957 bits per heavy atom. The first-order chi connectivity index (χ1) is 11.2. The number of benzene rings is 2. The van der Waals surface area contributed by atoms with Gasteiger partial charge in [-0.1, -0.05) is 72.8 Å². The molecule has 2 atom stereocenters. The lowest BCUT2D eigenvalue weighted by molar-refractivity contribution is 0.300. The minimum absolute atomic E-state index is 0.216. The number of allylic oxidation sites excluding steroid dienone is 2. The molecule has 23 heavy (non-hydrogen) atoms. The highest BCUT2D eigenvalue weighted by atomic mass is 31.2. The molecule has 0 saturated carbocycles. The van der Waals surface area contributed by atoms with Crippen molar-refractivity contribution in [1.82, 2.24) is 0 Å². The second-order valence-electron chi connectivity index (χ2n) is 5.45. The van der Waals surface area contributed by atoms with Crippen molar-refractivity contribution in [2.24, 2.45) is 0 Å². The third kappa shape index (κ3) is 5.06. The lowest BCUT2D eigenvalue weighted by atomic mass is 10.1. The van der Waals surface area contributed by atoms with E-state index in [1.807, 2.05) is 60.7 Å². The summed E-state index contributed by atoms with van der Waals surface area (Å²) in [6, 6.07) is 19.8. The van der Waals surface area contributed by atoms with Crippen LogP contribution in [0.2, 0.25) is 0 Å². The summed E-state index contributed by atoms with van der Waals surface area (Å²) in [4.78, 5) is 0. The Kier molecular flexibility index (Phi) is 6.58. The quantitative estimate of drug-likeness (QED) is 0.451. The van der Waals surface area contributed by atoms with E-state index in [1.165, 1.54) is 0 Å². The van der Waals surface area contributed by atoms with Crippen LogP contribution >= 0.6 is 7.37 Å². The minimum atomic E-state index is -2.90. The van der Waals surface area contributed by atoms with Crippen LogP contribution in [0.4, 0.5) is 0 Å². The third-order valence-electron chi connectivity index (χ3n) is 3.74. The van der Waals surface area contributed by atoms with Crippen LogP contribution < -0.4 is 0 Å². The average molecular weight is 326 g/mol. The Hall–Kier alpha value is -1.89. The maximum Gasteiger partial charge on any atom is 0.214 e. The summed E-state index contributed by atoms with van der Waals surface area (Å²) in [5.41, 5.74) is 1.93. The van der Waals surface area contributed by atoms with Crippen LogP contribution in [-0.2, 0) is 22.1 Å². The molecule has 0 aromatic heterocycles. The van der Waals surface area contributed by atoms with E-state index in [2.05, 4.69) is 13.2 Å². The fraction of sp³-hybridized carbons (Fsp3) is 0.200. The standard InChI is InChI=1S/C20H23O2P/c1-3-15-23(21,22-17-19-13-9-6-10-14-19)20(4-2)16-18-11-7-5-8-12-18/h3-14,20H,1-2,15-17H2. The van der Waals surface area contributed by atoms with Gasteiger partial charge in [0.15, 0.2) is 0 Å². The van der Waals surface area contributed by atoms with Crippen molar-refractivity contribution in [3.63, 3.8) is 0 Å². The molecule has 0 spiro atoms. The fourth-order valence-electron chi connectivity index (χ4n) is 2.46. The summed E-state index contributed by atoms with van der Waals surface area (Å²) in [5, 5.41) is 0. The SMILES string of the molecule is C=CCP(=O)(OCc1ccccc1)C(C=C)Cc1ccccc1. The van der Waals surface area contributed by atoms with Gasteiger partial charge in [0.2, 0.25) is 7.37 Å².